The van der Waals surface area contributed by atoms with E-state index in [1.165, 1.54) is 11.6 Å². The molecule has 1 atom stereocenters. The summed E-state index contributed by atoms with van der Waals surface area (Å²) in [5.74, 6) is 0.422. The minimum absolute atomic E-state index is 0.347. The maximum absolute atomic E-state index is 13.6. The lowest BCUT2D eigenvalue weighted by Gasteiger charge is -2.15. The fourth-order valence-corrected chi connectivity index (χ4v) is 2.60. The molecule has 2 heterocycles. The van der Waals surface area contributed by atoms with Gasteiger partial charge in [-0.2, -0.15) is 9.78 Å². The SMILES string of the molecule is Cc1cc(Cl)c(C)nc1-n1nc(C)c(C(C)F)c(C)c1=O. The molecular weight excluding hydrogens is 293 g/mol. The molecule has 0 fully saturated rings. The molecule has 0 aromatic carbocycles. The molecule has 0 aliphatic rings. The second kappa shape index (κ2) is 5.56. The van der Waals surface area contributed by atoms with Crippen LogP contribution in [-0.4, -0.2) is 14.8 Å². The largest absolute Gasteiger partial charge is 0.276 e. The molecule has 0 saturated carbocycles. The fourth-order valence-electron chi connectivity index (χ4n) is 2.40. The van der Waals surface area contributed by atoms with Crippen molar-refractivity contribution in [2.75, 3.05) is 0 Å². The Bertz CT molecular complexity index is 768. The standard InChI is InChI=1S/C15H17ClFN3O/c1-7-6-12(16)10(4)18-14(7)20-15(21)8(2)13(9(3)17)11(5)19-20/h6,9H,1-5H3. The molecule has 0 aliphatic heterocycles. The number of halogens is 2. The highest BCUT2D eigenvalue weighted by molar-refractivity contribution is 6.31. The van der Waals surface area contributed by atoms with Gasteiger partial charge in [-0.05, 0) is 46.2 Å². The smallest absolute Gasteiger partial charge is 0.267 e. The van der Waals surface area contributed by atoms with Gasteiger partial charge in [-0.15, -0.1) is 0 Å². The molecule has 21 heavy (non-hydrogen) atoms. The molecule has 0 aliphatic carbocycles. The van der Waals surface area contributed by atoms with Crippen LogP contribution in [0.25, 0.3) is 5.82 Å². The average Bonchev–Trinajstić information content (AvgIpc) is 2.38. The highest BCUT2D eigenvalue weighted by atomic mass is 35.5. The van der Waals surface area contributed by atoms with E-state index in [1.807, 2.05) is 0 Å². The van der Waals surface area contributed by atoms with Gasteiger partial charge in [-0.3, -0.25) is 4.79 Å². The van der Waals surface area contributed by atoms with Crippen LogP contribution in [0.2, 0.25) is 5.02 Å². The average molecular weight is 310 g/mol. The van der Waals surface area contributed by atoms with Crippen LogP contribution in [0.15, 0.2) is 10.9 Å². The van der Waals surface area contributed by atoms with E-state index in [0.717, 1.165) is 5.56 Å². The summed E-state index contributed by atoms with van der Waals surface area (Å²) in [7, 11) is 0. The maximum atomic E-state index is 13.6. The van der Waals surface area contributed by atoms with Crippen LogP contribution in [0.3, 0.4) is 0 Å². The number of nitrogens with zero attached hydrogens (tertiary/aromatic N) is 3. The van der Waals surface area contributed by atoms with Gasteiger partial charge in [0.1, 0.15) is 6.17 Å². The summed E-state index contributed by atoms with van der Waals surface area (Å²) in [4.78, 5) is 16.8. The predicted octanol–water partition coefficient (Wildman–Crippen LogP) is 3.55. The molecule has 2 aromatic heterocycles. The molecule has 112 valence electrons. The maximum Gasteiger partial charge on any atom is 0.276 e. The van der Waals surface area contributed by atoms with Gasteiger partial charge in [0, 0.05) is 11.1 Å². The van der Waals surface area contributed by atoms with Crippen molar-refractivity contribution in [3.63, 3.8) is 0 Å². The van der Waals surface area contributed by atoms with E-state index in [0.29, 0.717) is 33.4 Å². The monoisotopic (exact) mass is 309 g/mol. The van der Waals surface area contributed by atoms with Crippen LogP contribution in [0.5, 0.6) is 0 Å². The molecular formula is C15H17ClFN3O. The molecule has 2 rings (SSSR count). The highest BCUT2D eigenvalue weighted by Crippen LogP contribution is 2.23. The highest BCUT2D eigenvalue weighted by Gasteiger charge is 2.19. The molecule has 0 bridgehead atoms. The second-order valence-corrected chi connectivity index (χ2v) is 5.56. The van der Waals surface area contributed by atoms with E-state index in [4.69, 9.17) is 11.6 Å². The Hall–Kier alpha value is -1.75. The molecule has 2 aromatic rings. The molecule has 0 radical (unpaired) electrons. The van der Waals surface area contributed by atoms with Gasteiger partial charge in [0.15, 0.2) is 5.82 Å². The Labute approximate surface area is 127 Å². The van der Waals surface area contributed by atoms with Crippen molar-refractivity contribution < 1.29 is 4.39 Å². The first-order valence-corrected chi connectivity index (χ1v) is 7.00. The van der Waals surface area contributed by atoms with Gasteiger partial charge in [0.2, 0.25) is 0 Å². The van der Waals surface area contributed by atoms with Crippen LogP contribution >= 0.6 is 11.6 Å². The summed E-state index contributed by atoms with van der Waals surface area (Å²) in [5, 5.41) is 4.75. The van der Waals surface area contributed by atoms with Crippen LogP contribution in [-0.2, 0) is 0 Å². The number of aryl methyl sites for hydroxylation is 3. The van der Waals surface area contributed by atoms with Gasteiger partial charge in [-0.1, -0.05) is 11.6 Å². The summed E-state index contributed by atoms with van der Waals surface area (Å²) in [6.45, 7) is 8.26. The van der Waals surface area contributed by atoms with E-state index in [2.05, 4.69) is 10.1 Å². The Balaban J connectivity index is 2.78. The number of rotatable bonds is 2. The summed E-state index contributed by atoms with van der Waals surface area (Å²) in [6.07, 6.45) is -1.24. The minimum Gasteiger partial charge on any atom is -0.267 e. The van der Waals surface area contributed by atoms with E-state index in [1.54, 1.807) is 33.8 Å². The van der Waals surface area contributed by atoms with Crippen molar-refractivity contribution in [3.05, 3.63) is 49.5 Å². The number of aromatic nitrogens is 3. The fraction of sp³-hybridized carbons (Fsp3) is 0.400. The number of hydrogen-bond acceptors (Lipinski definition) is 3. The van der Waals surface area contributed by atoms with Crippen molar-refractivity contribution in [2.24, 2.45) is 0 Å². The van der Waals surface area contributed by atoms with Gasteiger partial charge >= 0.3 is 0 Å². The van der Waals surface area contributed by atoms with Gasteiger partial charge in [0.25, 0.3) is 5.56 Å². The molecule has 1 unspecified atom stereocenters. The normalized spacial score (nSPS) is 12.5. The Morgan fingerprint density at radius 3 is 2.43 bits per heavy atom. The third-order valence-electron chi connectivity index (χ3n) is 3.47. The molecule has 0 amide bonds. The molecule has 0 N–H and O–H groups in total. The lowest BCUT2D eigenvalue weighted by Crippen LogP contribution is -2.28. The van der Waals surface area contributed by atoms with Gasteiger partial charge in [0.05, 0.1) is 16.4 Å². The lowest BCUT2D eigenvalue weighted by atomic mass is 10.1. The summed E-state index contributed by atoms with van der Waals surface area (Å²) >= 11 is 6.02. The van der Waals surface area contributed by atoms with Crippen molar-refractivity contribution in [1.29, 1.82) is 0 Å². The van der Waals surface area contributed by atoms with Crippen LogP contribution in [0, 0.1) is 27.7 Å². The molecule has 0 saturated heterocycles. The van der Waals surface area contributed by atoms with Crippen LogP contribution in [0.4, 0.5) is 4.39 Å². The third-order valence-corrected chi connectivity index (χ3v) is 3.85. The number of alkyl halides is 1. The van der Waals surface area contributed by atoms with E-state index in [9.17, 15) is 9.18 Å². The van der Waals surface area contributed by atoms with Crippen LogP contribution < -0.4 is 5.56 Å². The van der Waals surface area contributed by atoms with Gasteiger partial charge < -0.3 is 0 Å². The predicted molar refractivity (Wildman–Crippen MR) is 81.1 cm³/mol. The van der Waals surface area contributed by atoms with E-state index < -0.39 is 6.17 Å². The third kappa shape index (κ3) is 2.70. The van der Waals surface area contributed by atoms with E-state index >= 15 is 0 Å². The topological polar surface area (TPSA) is 47.8 Å². The zero-order valence-corrected chi connectivity index (χ0v) is 13.4. The molecule has 0 spiro atoms. The number of hydrogen-bond donors (Lipinski definition) is 0. The second-order valence-electron chi connectivity index (χ2n) is 5.15. The quantitative estimate of drug-likeness (QED) is 0.852. The Morgan fingerprint density at radius 1 is 1.24 bits per heavy atom. The zero-order chi connectivity index (χ0) is 15.9. The molecule has 4 nitrogen and oxygen atoms in total. The first-order valence-electron chi connectivity index (χ1n) is 6.62. The summed E-state index contributed by atoms with van der Waals surface area (Å²) in [5.41, 5.74) is 2.17. The minimum atomic E-state index is -1.24. The van der Waals surface area contributed by atoms with Gasteiger partial charge in [-0.25, -0.2) is 9.37 Å². The van der Waals surface area contributed by atoms with Crippen molar-refractivity contribution >= 4 is 11.6 Å². The summed E-state index contributed by atoms with van der Waals surface area (Å²) < 4.78 is 14.9. The lowest BCUT2D eigenvalue weighted by molar-refractivity contribution is 0.368. The first-order chi connectivity index (χ1) is 9.73. The molecule has 6 heteroatoms. The van der Waals surface area contributed by atoms with E-state index in [-0.39, 0.29) is 5.56 Å². The van der Waals surface area contributed by atoms with Crippen molar-refractivity contribution in [2.45, 2.75) is 40.8 Å². The summed E-state index contributed by atoms with van der Waals surface area (Å²) in [6, 6.07) is 1.74. The Morgan fingerprint density at radius 2 is 1.86 bits per heavy atom. The van der Waals surface area contributed by atoms with Crippen LogP contribution in [0.1, 0.15) is 41.2 Å². The first kappa shape index (κ1) is 15.6. The Kier molecular flexibility index (Phi) is 4.14. The van der Waals surface area contributed by atoms with Crippen molar-refractivity contribution in [3.8, 4) is 5.82 Å². The number of pyridine rings is 1. The van der Waals surface area contributed by atoms with Crippen molar-refractivity contribution in [1.82, 2.24) is 14.8 Å². The zero-order valence-electron chi connectivity index (χ0n) is 12.7.